The van der Waals surface area contributed by atoms with Crippen LogP contribution in [0.3, 0.4) is 0 Å². The third-order valence-electron chi connectivity index (χ3n) is 2.09. The van der Waals surface area contributed by atoms with Crippen molar-refractivity contribution in [3.8, 4) is 0 Å². The predicted octanol–water partition coefficient (Wildman–Crippen LogP) is -1.01. The highest BCUT2D eigenvalue weighted by molar-refractivity contribution is 7.80. The lowest BCUT2D eigenvalue weighted by molar-refractivity contribution is 0.0185. The molecule has 0 radical (unpaired) electrons. The molecule has 0 aromatic heterocycles. The molecule has 2 atom stereocenters. The highest BCUT2D eigenvalue weighted by Gasteiger charge is 2.16. The van der Waals surface area contributed by atoms with Crippen molar-refractivity contribution in [3.05, 3.63) is 0 Å². The van der Waals surface area contributed by atoms with Gasteiger partial charge in [-0.25, -0.2) is 4.21 Å². The second-order valence-corrected chi connectivity index (χ2v) is 4.48. The third-order valence-corrected chi connectivity index (χ3v) is 3.12. The maximum atomic E-state index is 10.9. The molecule has 0 aromatic carbocycles. The molecule has 1 N–H and O–H groups in total. The van der Waals surface area contributed by atoms with Crippen molar-refractivity contribution in [2.24, 2.45) is 0 Å². The summed E-state index contributed by atoms with van der Waals surface area (Å²) in [6.07, 6.45) is -0.589. The van der Waals surface area contributed by atoms with Crippen LogP contribution >= 0.6 is 0 Å². The number of morpholine rings is 1. The summed E-state index contributed by atoms with van der Waals surface area (Å²) in [4.78, 5) is 2.10. The fourth-order valence-electron chi connectivity index (χ4n) is 1.36. The van der Waals surface area contributed by atoms with Crippen LogP contribution in [0.5, 0.6) is 0 Å². The molecule has 14 heavy (non-hydrogen) atoms. The number of aliphatic hydroxyl groups excluding tert-OH is 1. The minimum atomic E-state index is -1.37. The van der Waals surface area contributed by atoms with Gasteiger partial charge in [-0.05, 0) is 0 Å². The quantitative estimate of drug-likeness (QED) is 0.647. The van der Waals surface area contributed by atoms with Crippen molar-refractivity contribution in [1.82, 2.24) is 4.90 Å². The summed E-state index contributed by atoms with van der Waals surface area (Å²) in [6, 6.07) is 0. The van der Waals surface area contributed by atoms with Gasteiger partial charge in [-0.2, -0.15) is 0 Å². The van der Waals surface area contributed by atoms with Gasteiger partial charge in [-0.1, -0.05) is 0 Å². The van der Waals surface area contributed by atoms with Crippen LogP contribution < -0.4 is 0 Å². The zero-order valence-electron chi connectivity index (χ0n) is 8.35. The highest BCUT2D eigenvalue weighted by Crippen LogP contribution is 2.00. The van der Waals surface area contributed by atoms with E-state index in [1.807, 2.05) is 0 Å². The van der Waals surface area contributed by atoms with E-state index in [2.05, 4.69) is 9.08 Å². The number of β-amino-alcohol motifs (C(OH)–C–C–N with tert-alkyl or cyclic N) is 1. The first-order valence-corrected chi connectivity index (χ1v) is 5.88. The normalized spacial score (nSPS) is 23.3. The van der Waals surface area contributed by atoms with E-state index in [4.69, 9.17) is 4.74 Å². The van der Waals surface area contributed by atoms with Gasteiger partial charge >= 0.3 is 0 Å². The molecule has 0 bridgehead atoms. The summed E-state index contributed by atoms with van der Waals surface area (Å²) in [6.45, 7) is 3.62. The zero-order chi connectivity index (χ0) is 10.4. The Morgan fingerprint density at radius 1 is 1.57 bits per heavy atom. The summed E-state index contributed by atoms with van der Waals surface area (Å²) in [5.74, 6) is 0.174. The van der Waals surface area contributed by atoms with Crippen LogP contribution in [0.15, 0.2) is 0 Å². The second kappa shape index (κ2) is 6.47. The van der Waals surface area contributed by atoms with E-state index in [1.165, 1.54) is 7.11 Å². The maximum Gasteiger partial charge on any atom is 0.157 e. The molecule has 84 valence electrons. The number of ether oxygens (including phenoxy) is 1. The van der Waals surface area contributed by atoms with Crippen molar-refractivity contribution in [2.75, 3.05) is 45.7 Å². The van der Waals surface area contributed by atoms with Crippen LogP contribution in [0, 0.1) is 0 Å². The molecule has 1 rings (SSSR count). The van der Waals surface area contributed by atoms with Gasteiger partial charge in [-0.15, -0.1) is 0 Å². The SMILES string of the molecule is COS(=O)CC(O)CN1CCOCC1. The van der Waals surface area contributed by atoms with Crippen LogP contribution in [0.2, 0.25) is 0 Å². The topological polar surface area (TPSA) is 59.0 Å². The molecule has 1 fully saturated rings. The molecular formula is C8H17NO4S. The molecule has 1 aliphatic rings. The number of hydrogen-bond donors (Lipinski definition) is 1. The summed E-state index contributed by atoms with van der Waals surface area (Å²) in [7, 11) is 1.37. The molecule has 2 unspecified atom stereocenters. The molecule has 0 saturated carbocycles. The Morgan fingerprint density at radius 3 is 2.79 bits per heavy atom. The fraction of sp³-hybridized carbons (Fsp3) is 1.00. The van der Waals surface area contributed by atoms with Crippen molar-refractivity contribution >= 4 is 11.1 Å². The molecular weight excluding hydrogens is 206 g/mol. The summed E-state index contributed by atoms with van der Waals surface area (Å²) in [5, 5.41) is 9.55. The summed E-state index contributed by atoms with van der Waals surface area (Å²) in [5.41, 5.74) is 0. The first-order chi connectivity index (χ1) is 6.72. The van der Waals surface area contributed by atoms with Gasteiger partial charge in [0.15, 0.2) is 11.1 Å². The summed E-state index contributed by atoms with van der Waals surface area (Å²) >= 11 is -1.37. The van der Waals surface area contributed by atoms with Gasteiger partial charge in [0.25, 0.3) is 0 Å². The molecule has 0 amide bonds. The second-order valence-electron chi connectivity index (χ2n) is 3.20. The lowest BCUT2D eigenvalue weighted by Crippen LogP contribution is -2.42. The standard InChI is InChI=1S/C8H17NO4S/c1-12-14(11)7-8(10)6-9-2-4-13-5-3-9/h8,10H,2-7H2,1H3. The molecule has 6 heteroatoms. The Balaban J connectivity index is 2.18. The van der Waals surface area contributed by atoms with E-state index >= 15 is 0 Å². The van der Waals surface area contributed by atoms with Crippen molar-refractivity contribution < 1.29 is 18.2 Å². The van der Waals surface area contributed by atoms with E-state index in [0.717, 1.165) is 13.1 Å². The van der Waals surface area contributed by atoms with Gasteiger partial charge in [0.2, 0.25) is 0 Å². The molecule has 1 saturated heterocycles. The molecule has 1 heterocycles. The van der Waals surface area contributed by atoms with Gasteiger partial charge in [0.1, 0.15) is 0 Å². The lowest BCUT2D eigenvalue weighted by atomic mass is 10.3. The molecule has 0 aromatic rings. The van der Waals surface area contributed by atoms with Crippen molar-refractivity contribution in [1.29, 1.82) is 0 Å². The van der Waals surface area contributed by atoms with Crippen LogP contribution in [-0.4, -0.2) is 66.0 Å². The van der Waals surface area contributed by atoms with Gasteiger partial charge in [0.05, 0.1) is 32.2 Å². The number of nitrogens with zero attached hydrogens (tertiary/aromatic N) is 1. The highest BCUT2D eigenvalue weighted by atomic mass is 32.2. The Labute approximate surface area is 86.7 Å². The largest absolute Gasteiger partial charge is 0.391 e. The smallest absolute Gasteiger partial charge is 0.157 e. The number of aliphatic hydroxyl groups is 1. The van der Waals surface area contributed by atoms with E-state index in [9.17, 15) is 9.32 Å². The predicted molar refractivity (Wildman–Crippen MR) is 53.3 cm³/mol. The first-order valence-electron chi connectivity index (χ1n) is 4.63. The van der Waals surface area contributed by atoms with Crippen LogP contribution in [-0.2, 0) is 20.0 Å². The average molecular weight is 223 g/mol. The van der Waals surface area contributed by atoms with E-state index < -0.39 is 17.2 Å². The summed E-state index contributed by atoms with van der Waals surface area (Å²) < 4.78 is 20.7. The Morgan fingerprint density at radius 2 is 2.21 bits per heavy atom. The minimum absolute atomic E-state index is 0.174. The van der Waals surface area contributed by atoms with Crippen LogP contribution in [0.4, 0.5) is 0 Å². The Bertz CT molecular complexity index is 184. The van der Waals surface area contributed by atoms with Gasteiger partial charge in [0, 0.05) is 19.6 Å². The van der Waals surface area contributed by atoms with Gasteiger partial charge < -0.3 is 9.84 Å². The molecule has 0 spiro atoms. The number of rotatable bonds is 5. The average Bonchev–Trinajstić information content (AvgIpc) is 2.19. The Hall–Kier alpha value is -0.0100. The minimum Gasteiger partial charge on any atom is -0.391 e. The molecule has 5 nitrogen and oxygen atoms in total. The van der Waals surface area contributed by atoms with Crippen LogP contribution in [0.1, 0.15) is 0 Å². The maximum absolute atomic E-state index is 10.9. The van der Waals surface area contributed by atoms with Gasteiger partial charge in [-0.3, -0.25) is 9.08 Å². The lowest BCUT2D eigenvalue weighted by Gasteiger charge is -2.28. The van der Waals surface area contributed by atoms with E-state index in [-0.39, 0.29) is 5.75 Å². The zero-order valence-corrected chi connectivity index (χ0v) is 9.16. The molecule has 0 aliphatic carbocycles. The third kappa shape index (κ3) is 4.47. The van der Waals surface area contributed by atoms with Crippen LogP contribution in [0.25, 0.3) is 0 Å². The van der Waals surface area contributed by atoms with Crippen molar-refractivity contribution in [3.63, 3.8) is 0 Å². The number of hydrogen-bond acceptors (Lipinski definition) is 5. The fourth-order valence-corrected chi connectivity index (χ4v) is 1.92. The van der Waals surface area contributed by atoms with E-state index in [0.29, 0.717) is 19.8 Å². The molecule has 1 aliphatic heterocycles. The first kappa shape index (κ1) is 12.1. The Kier molecular flexibility index (Phi) is 5.57. The van der Waals surface area contributed by atoms with E-state index in [1.54, 1.807) is 0 Å². The monoisotopic (exact) mass is 223 g/mol. The van der Waals surface area contributed by atoms with Crippen molar-refractivity contribution in [2.45, 2.75) is 6.10 Å².